The van der Waals surface area contributed by atoms with Gasteiger partial charge in [0.25, 0.3) is 5.56 Å². The first-order valence-corrected chi connectivity index (χ1v) is 9.90. The van der Waals surface area contributed by atoms with Crippen molar-refractivity contribution in [3.8, 4) is 0 Å². The summed E-state index contributed by atoms with van der Waals surface area (Å²) in [5.74, 6) is 0.618. The zero-order chi connectivity index (χ0) is 17.4. The van der Waals surface area contributed by atoms with Crippen LogP contribution in [0.25, 0.3) is 0 Å². The first-order valence-electron chi connectivity index (χ1n) is 9.02. The van der Waals surface area contributed by atoms with Gasteiger partial charge in [-0.05, 0) is 38.6 Å². The summed E-state index contributed by atoms with van der Waals surface area (Å²) in [4.78, 5) is 25.9. The van der Waals surface area contributed by atoms with E-state index in [0.717, 1.165) is 32.5 Å². The number of anilines is 1. The van der Waals surface area contributed by atoms with Crippen molar-refractivity contribution in [3.63, 3.8) is 0 Å². The van der Waals surface area contributed by atoms with E-state index in [-0.39, 0.29) is 5.56 Å². The van der Waals surface area contributed by atoms with Crippen LogP contribution in [-0.2, 0) is 13.1 Å². The first kappa shape index (κ1) is 16.7. The van der Waals surface area contributed by atoms with Gasteiger partial charge in [-0.3, -0.25) is 9.69 Å². The number of rotatable bonds is 5. The van der Waals surface area contributed by atoms with Gasteiger partial charge in [0.2, 0.25) is 0 Å². The van der Waals surface area contributed by atoms with Crippen molar-refractivity contribution in [2.24, 2.45) is 5.41 Å². The number of hydrogen-bond acceptors (Lipinski definition) is 6. The Morgan fingerprint density at radius 2 is 2.12 bits per heavy atom. The Morgan fingerprint density at radius 1 is 1.32 bits per heavy atom. The average Bonchev–Trinajstić information content (AvgIpc) is 3.07. The van der Waals surface area contributed by atoms with Gasteiger partial charge in [-0.2, -0.15) is 0 Å². The van der Waals surface area contributed by atoms with Gasteiger partial charge in [-0.25, -0.2) is 9.97 Å². The Bertz CT molecular complexity index is 779. The van der Waals surface area contributed by atoms with E-state index in [1.165, 1.54) is 11.4 Å². The minimum atomic E-state index is 0.0363. The number of thiazole rings is 1. The van der Waals surface area contributed by atoms with Crippen molar-refractivity contribution >= 4 is 17.2 Å². The maximum atomic E-state index is 12.5. The maximum absolute atomic E-state index is 12.5. The van der Waals surface area contributed by atoms with E-state index in [2.05, 4.69) is 26.8 Å². The molecule has 0 radical (unpaired) electrons. The summed E-state index contributed by atoms with van der Waals surface area (Å²) in [6, 6.07) is 0.648. The molecule has 134 valence electrons. The highest BCUT2D eigenvalue weighted by molar-refractivity contribution is 7.09. The molecule has 2 aromatic rings. The fourth-order valence-corrected chi connectivity index (χ4v) is 4.89. The van der Waals surface area contributed by atoms with Gasteiger partial charge in [0.15, 0.2) is 5.82 Å². The summed E-state index contributed by atoms with van der Waals surface area (Å²) < 4.78 is 1.73. The van der Waals surface area contributed by atoms with Gasteiger partial charge in [0, 0.05) is 49.6 Å². The van der Waals surface area contributed by atoms with Gasteiger partial charge in [-0.15, -0.1) is 11.3 Å². The Kier molecular flexibility index (Phi) is 4.37. The molecular formula is C18H25N5OS. The molecule has 2 aliphatic rings. The molecule has 1 saturated heterocycles. The standard InChI is InChI=1S/C18H25N5OS/c1-3-22-10-6-20-16(17(22)24)23-8-4-18(5-9-23)12-14(18)21(2)13-15-19-7-11-25-15/h6-7,10-11,14H,3-5,8-9,12-13H2,1-2H3/t14-/m1/s1. The summed E-state index contributed by atoms with van der Waals surface area (Å²) in [6.07, 6.45) is 8.94. The SMILES string of the molecule is CCn1ccnc(N2CCC3(CC2)C[C@H]3N(C)Cc2nccs2)c1=O. The summed E-state index contributed by atoms with van der Waals surface area (Å²) in [7, 11) is 2.21. The molecule has 2 fully saturated rings. The number of hydrogen-bond donors (Lipinski definition) is 0. The lowest BCUT2D eigenvalue weighted by molar-refractivity contribution is 0.238. The summed E-state index contributed by atoms with van der Waals surface area (Å²) >= 11 is 1.73. The van der Waals surface area contributed by atoms with Crippen LogP contribution in [-0.4, -0.2) is 45.6 Å². The topological polar surface area (TPSA) is 54.3 Å². The van der Waals surface area contributed by atoms with Crippen LogP contribution in [0, 0.1) is 5.41 Å². The highest BCUT2D eigenvalue weighted by Gasteiger charge is 2.56. The Morgan fingerprint density at radius 3 is 2.80 bits per heavy atom. The lowest BCUT2D eigenvalue weighted by Gasteiger charge is -2.34. The summed E-state index contributed by atoms with van der Waals surface area (Å²) in [5.41, 5.74) is 0.468. The molecule has 3 heterocycles. The second-order valence-corrected chi connectivity index (χ2v) is 8.23. The third kappa shape index (κ3) is 3.11. The molecule has 1 spiro atoms. The second-order valence-electron chi connectivity index (χ2n) is 7.25. The van der Waals surface area contributed by atoms with E-state index in [4.69, 9.17) is 0 Å². The van der Waals surface area contributed by atoms with Crippen molar-refractivity contribution in [1.29, 1.82) is 0 Å². The quantitative estimate of drug-likeness (QED) is 0.819. The molecule has 0 aromatic carbocycles. The third-order valence-electron chi connectivity index (χ3n) is 5.84. The molecule has 25 heavy (non-hydrogen) atoms. The van der Waals surface area contributed by atoms with Gasteiger partial charge < -0.3 is 9.47 Å². The van der Waals surface area contributed by atoms with Gasteiger partial charge in [0.1, 0.15) is 5.01 Å². The third-order valence-corrected chi connectivity index (χ3v) is 6.61. The molecule has 0 unspecified atom stereocenters. The largest absolute Gasteiger partial charge is 0.352 e. The first-order chi connectivity index (χ1) is 12.1. The maximum Gasteiger partial charge on any atom is 0.293 e. The van der Waals surface area contributed by atoms with Crippen LogP contribution in [0.5, 0.6) is 0 Å². The van der Waals surface area contributed by atoms with E-state index in [1.807, 2.05) is 18.5 Å². The predicted octanol–water partition coefficient (Wildman–Crippen LogP) is 2.21. The van der Waals surface area contributed by atoms with Crippen LogP contribution in [0.4, 0.5) is 5.82 Å². The van der Waals surface area contributed by atoms with Crippen LogP contribution < -0.4 is 10.5 Å². The second kappa shape index (κ2) is 6.53. The molecule has 0 N–H and O–H groups in total. The Balaban J connectivity index is 1.39. The van der Waals surface area contributed by atoms with Gasteiger partial charge in [-0.1, -0.05) is 0 Å². The smallest absolute Gasteiger partial charge is 0.293 e. The van der Waals surface area contributed by atoms with Gasteiger partial charge >= 0.3 is 0 Å². The molecule has 1 atom stereocenters. The minimum absolute atomic E-state index is 0.0363. The summed E-state index contributed by atoms with van der Waals surface area (Å²) in [6.45, 7) is 5.48. The van der Waals surface area contributed by atoms with Crippen molar-refractivity contribution in [1.82, 2.24) is 19.4 Å². The summed E-state index contributed by atoms with van der Waals surface area (Å²) in [5, 5.41) is 3.23. The normalized spacial score (nSPS) is 21.9. The predicted molar refractivity (Wildman–Crippen MR) is 100 cm³/mol. The van der Waals surface area contributed by atoms with Crippen molar-refractivity contribution in [2.75, 3.05) is 25.0 Å². The van der Waals surface area contributed by atoms with Crippen LogP contribution in [0.1, 0.15) is 31.2 Å². The monoisotopic (exact) mass is 359 g/mol. The van der Waals surface area contributed by atoms with Crippen LogP contribution in [0.2, 0.25) is 0 Å². The van der Waals surface area contributed by atoms with Crippen LogP contribution in [0.15, 0.2) is 28.8 Å². The molecule has 1 saturated carbocycles. The molecule has 0 bridgehead atoms. The minimum Gasteiger partial charge on any atom is -0.352 e. The average molecular weight is 359 g/mol. The lowest BCUT2D eigenvalue weighted by atomic mass is 9.92. The molecule has 1 aliphatic carbocycles. The highest BCUT2D eigenvalue weighted by atomic mass is 32.1. The molecule has 2 aromatic heterocycles. The number of aromatic nitrogens is 3. The Labute approximate surface area is 152 Å². The Hall–Kier alpha value is -1.73. The van der Waals surface area contributed by atoms with Crippen molar-refractivity contribution < 1.29 is 0 Å². The van der Waals surface area contributed by atoms with E-state index >= 15 is 0 Å². The van der Waals surface area contributed by atoms with Crippen LogP contribution >= 0.6 is 11.3 Å². The molecule has 1 aliphatic heterocycles. The molecule has 6 nitrogen and oxygen atoms in total. The molecule has 7 heteroatoms. The number of nitrogens with zero attached hydrogens (tertiary/aromatic N) is 5. The fourth-order valence-electron chi connectivity index (χ4n) is 4.21. The number of piperidine rings is 1. The van der Waals surface area contributed by atoms with E-state index in [9.17, 15) is 4.79 Å². The lowest BCUT2D eigenvalue weighted by Crippen LogP contribution is -2.41. The van der Waals surface area contributed by atoms with Crippen LogP contribution in [0.3, 0.4) is 0 Å². The van der Waals surface area contributed by atoms with Crippen molar-refractivity contribution in [2.45, 2.75) is 45.3 Å². The van der Waals surface area contributed by atoms with E-state index < -0.39 is 0 Å². The molecule has 0 amide bonds. The van der Waals surface area contributed by atoms with Gasteiger partial charge in [0.05, 0.1) is 6.54 Å². The zero-order valence-corrected chi connectivity index (χ0v) is 15.7. The number of aryl methyl sites for hydroxylation is 1. The van der Waals surface area contributed by atoms with E-state index in [1.54, 1.807) is 28.3 Å². The van der Waals surface area contributed by atoms with Crippen molar-refractivity contribution in [3.05, 3.63) is 39.3 Å². The fraction of sp³-hybridized carbons (Fsp3) is 0.611. The molecular weight excluding hydrogens is 334 g/mol. The van der Waals surface area contributed by atoms with E-state index in [0.29, 0.717) is 23.8 Å². The highest BCUT2D eigenvalue weighted by Crippen LogP contribution is 2.56. The molecule has 4 rings (SSSR count). The zero-order valence-electron chi connectivity index (χ0n) is 14.9.